The number of nitrogens with two attached hydrogens (primary N) is 1. The van der Waals surface area contributed by atoms with Crippen LogP contribution in [-0.2, 0) is 46.2 Å². The van der Waals surface area contributed by atoms with Gasteiger partial charge in [0.15, 0.2) is 0 Å². The van der Waals surface area contributed by atoms with Crippen molar-refractivity contribution in [3.63, 3.8) is 0 Å². The van der Waals surface area contributed by atoms with Crippen LogP contribution >= 0.6 is 0 Å². The number of primary amides is 1. The maximum Gasteiger partial charge on any atom is 0.514 e. The van der Waals surface area contributed by atoms with Crippen molar-refractivity contribution in [1.82, 2.24) is 21.3 Å². The fourth-order valence-electron chi connectivity index (χ4n) is 5.71. The lowest BCUT2D eigenvalue weighted by molar-refractivity contribution is -0.132. The van der Waals surface area contributed by atoms with Crippen molar-refractivity contribution in [1.29, 1.82) is 0 Å². The van der Waals surface area contributed by atoms with Crippen LogP contribution in [0.4, 0.5) is 19.2 Å². The second-order valence-electron chi connectivity index (χ2n) is 18.5. The van der Waals surface area contributed by atoms with Gasteiger partial charge in [0.1, 0.15) is 52.0 Å². The minimum Gasteiger partial charge on any atom is -0.444 e. The molecular formula is C43H61N5O13. The van der Waals surface area contributed by atoms with Crippen LogP contribution in [0.25, 0.3) is 11.1 Å². The molecule has 0 fully saturated rings. The van der Waals surface area contributed by atoms with Gasteiger partial charge in [-0.15, -0.1) is 0 Å². The zero-order valence-electron chi connectivity index (χ0n) is 37.1. The number of benzene rings is 2. The number of alkyl carbamates (subject to hydrolysis) is 2. The number of nitrogens with one attached hydrogen (secondary N) is 4. The number of ether oxygens (including phenoxy) is 6. The first kappa shape index (κ1) is 49.3. The molecule has 4 bridgehead atoms. The first-order chi connectivity index (χ1) is 27.9. The Morgan fingerprint density at radius 1 is 0.672 bits per heavy atom. The minimum absolute atomic E-state index is 0.0212. The molecule has 61 heavy (non-hydrogen) atoms. The quantitative estimate of drug-likeness (QED) is 0.0922. The summed E-state index contributed by atoms with van der Waals surface area (Å²) >= 11 is 0. The van der Waals surface area contributed by atoms with E-state index < -0.39 is 82.7 Å². The molecule has 1 aliphatic heterocycles. The standard InChI is InChI=1S/C43H61N5O13/c1-40(2,3)58-36(52)45-17-13-14-29-34(50)47-30(33(44)49)20-24-18-26(22-28(19-24)56-38(54)60-42(7,8)9)25-15-16-32(57-39(55)61-43(10,11)12)27(21-25)23-31(35(51)46-29)48-37(53)59-41(4,5)6/h15-16,18-19,21-22,29-31H,13-14,17,20,23H2,1-12H3,(H2,44,49)(H,45,52)(H,46,51)(H,47,50)(H,48,53)/t29-,30-,31-/m0/s1. The van der Waals surface area contributed by atoms with Gasteiger partial charge < -0.3 is 55.4 Å². The topological polar surface area (TPSA) is 249 Å². The number of hydrogen-bond donors (Lipinski definition) is 5. The van der Waals surface area contributed by atoms with Gasteiger partial charge in [0, 0.05) is 19.4 Å². The molecule has 0 saturated carbocycles. The molecule has 5 amide bonds. The second kappa shape index (κ2) is 20.0. The van der Waals surface area contributed by atoms with Crippen LogP contribution in [0.1, 0.15) is 107 Å². The van der Waals surface area contributed by atoms with Crippen molar-refractivity contribution < 1.29 is 62.0 Å². The first-order valence-corrected chi connectivity index (χ1v) is 19.9. The van der Waals surface area contributed by atoms with E-state index >= 15 is 0 Å². The molecule has 0 unspecified atom stereocenters. The Labute approximate surface area is 356 Å². The van der Waals surface area contributed by atoms with Gasteiger partial charge in [-0.25, -0.2) is 19.2 Å². The number of hydrogen-bond acceptors (Lipinski definition) is 13. The highest BCUT2D eigenvalue weighted by Gasteiger charge is 2.32. The lowest BCUT2D eigenvalue weighted by Crippen LogP contribution is -2.57. The van der Waals surface area contributed by atoms with Crippen LogP contribution in [0, 0.1) is 0 Å². The van der Waals surface area contributed by atoms with E-state index in [1.165, 1.54) is 18.2 Å². The van der Waals surface area contributed by atoms with Gasteiger partial charge in [-0.1, -0.05) is 12.1 Å². The molecule has 3 atom stereocenters. The third kappa shape index (κ3) is 18.0. The van der Waals surface area contributed by atoms with E-state index in [0.717, 1.165) is 0 Å². The van der Waals surface area contributed by atoms with E-state index in [4.69, 9.17) is 34.2 Å². The Bertz CT molecular complexity index is 1950. The normalized spacial score (nSPS) is 17.5. The van der Waals surface area contributed by atoms with Crippen molar-refractivity contribution in [3.05, 3.63) is 47.5 Å². The van der Waals surface area contributed by atoms with E-state index in [1.54, 1.807) is 101 Å². The third-order valence-corrected chi connectivity index (χ3v) is 8.04. The lowest BCUT2D eigenvalue weighted by Gasteiger charge is -2.26. The zero-order chi connectivity index (χ0) is 46.1. The molecule has 0 spiro atoms. The molecule has 18 nitrogen and oxygen atoms in total. The Morgan fingerprint density at radius 3 is 1.82 bits per heavy atom. The molecule has 18 heteroatoms. The highest BCUT2D eigenvalue weighted by atomic mass is 16.7. The van der Waals surface area contributed by atoms with Crippen molar-refractivity contribution in [2.45, 2.75) is 149 Å². The van der Waals surface area contributed by atoms with Gasteiger partial charge >= 0.3 is 24.5 Å². The van der Waals surface area contributed by atoms with E-state index in [0.29, 0.717) is 16.7 Å². The third-order valence-electron chi connectivity index (χ3n) is 8.04. The number of amides is 5. The molecule has 0 aliphatic carbocycles. The van der Waals surface area contributed by atoms with Gasteiger partial charge in [-0.3, -0.25) is 14.4 Å². The Hall–Kier alpha value is -6.07. The second-order valence-corrected chi connectivity index (χ2v) is 18.5. The van der Waals surface area contributed by atoms with Gasteiger partial charge in [-0.2, -0.15) is 0 Å². The monoisotopic (exact) mass is 855 g/mol. The molecule has 2 aromatic carbocycles. The van der Waals surface area contributed by atoms with E-state index in [9.17, 15) is 33.6 Å². The van der Waals surface area contributed by atoms with Crippen LogP contribution < -0.4 is 36.5 Å². The summed E-state index contributed by atoms with van der Waals surface area (Å²) in [4.78, 5) is 92.6. The summed E-state index contributed by atoms with van der Waals surface area (Å²) in [6.07, 6.45) is -4.14. The van der Waals surface area contributed by atoms with Crippen molar-refractivity contribution >= 4 is 42.2 Å². The van der Waals surface area contributed by atoms with Crippen molar-refractivity contribution in [3.8, 4) is 22.6 Å². The average molecular weight is 856 g/mol. The number of fused-ring (bicyclic) bond motifs is 5. The maximum absolute atomic E-state index is 14.3. The van der Waals surface area contributed by atoms with Crippen LogP contribution in [0.2, 0.25) is 0 Å². The van der Waals surface area contributed by atoms with Gasteiger partial charge in [-0.05, 0) is 142 Å². The largest absolute Gasteiger partial charge is 0.514 e. The van der Waals surface area contributed by atoms with Gasteiger partial charge in [0.2, 0.25) is 17.7 Å². The van der Waals surface area contributed by atoms with Crippen LogP contribution in [0.3, 0.4) is 0 Å². The summed E-state index contributed by atoms with van der Waals surface area (Å²) in [6.45, 7) is 20.0. The molecule has 0 saturated heterocycles. The number of rotatable bonds is 8. The molecule has 3 rings (SSSR count). The van der Waals surface area contributed by atoms with Crippen molar-refractivity contribution in [2.24, 2.45) is 5.73 Å². The van der Waals surface area contributed by atoms with Gasteiger partial charge in [0.25, 0.3) is 0 Å². The van der Waals surface area contributed by atoms with Crippen LogP contribution in [-0.4, -0.2) is 89.3 Å². The number of carbonyl (C=O) groups is 7. The van der Waals surface area contributed by atoms with Crippen LogP contribution in [0.15, 0.2) is 36.4 Å². The average Bonchev–Trinajstić information content (AvgIpc) is 3.05. The summed E-state index contributed by atoms with van der Waals surface area (Å²) in [7, 11) is 0. The predicted octanol–water partition coefficient (Wildman–Crippen LogP) is 5.73. The zero-order valence-corrected chi connectivity index (χ0v) is 37.1. The minimum atomic E-state index is -1.46. The van der Waals surface area contributed by atoms with E-state index in [-0.39, 0.29) is 49.3 Å². The molecular weight excluding hydrogens is 794 g/mol. The maximum atomic E-state index is 14.3. The number of carbonyl (C=O) groups excluding carboxylic acids is 7. The lowest BCUT2D eigenvalue weighted by atomic mass is 9.95. The first-order valence-electron chi connectivity index (χ1n) is 19.9. The molecule has 1 heterocycles. The highest BCUT2D eigenvalue weighted by Crippen LogP contribution is 2.33. The smallest absolute Gasteiger partial charge is 0.444 e. The summed E-state index contributed by atoms with van der Waals surface area (Å²) < 4.78 is 32.7. The summed E-state index contributed by atoms with van der Waals surface area (Å²) in [5.74, 6) is -2.57. The Balaban J connectivity index is 2.23. The fourth-order valence-corrected chi connectivity index (χ4v) is 5.71. The van der Waals surface area contributed by atoms with E-state index in [1.807, 2.05) is 0 Å². The molecule has 6 N–H and O–H groups in total. The molecule has 2 aromatic rings. The SMILES string of the molecule is CC(C)(C)OC(=O)NCCC[C@@H]1NC(=O)[C@@H](NC(=O)OC(C)(C)C)Cc2cc(ccc2OC(=O)OC(C)(C)C)-c2cc(cc(OC(=O)OC(C)(C)C)c2)C[C@@H](C(N)=O)NC1=O. The summed E-state index contributed by atoms with van der Waals surface area (Å²) in [5, 5.41) is 10.5. The van der Waals surface area contributed by atoms with E-state index in [2.05, 4.69) is 21.3 Å². The Morgan fingerprint density at radius 2 is 1.25 bits per heavy atom. The fraction of sp³-hybridized carbons (Fsp3) is 0.558. The molecule has 0 aromatic heterocycles. The molecule has 0 radical (unpaired) electrons. The Kier molecular flexibility index (Phi) is 16.2. The highest BCUT2D eigenvalue weighted by molar-refractivity contribution is 5.94. The summed E-state index contributed by atoms with van der Waals surface area (Å²) in [5.41, 5.74) is 3.80. The summed E-state index contributed by atoms with van der Waals surface area (Å²) in [6, 6.07) is 5.21. The molecule has 336 valence electrons. The van der Waals surface area contributed by atoms with Crippen LogP contribution in [0.5, 0.6) is 11.5 Å². The predicted molar refractivity (Wildman–Crippen MR) is 223 cm³/mol. The van der Waals surface area contributed by atoms with Gasteiger partial charge in [0.05, 0.1) is 0 Å². The molecule has 1 aliphatic rings. The van der Waals surface area contributed by atoms with Crippen molar-refractivity contribution in [2.75, 3.05) is 6.54 Å².